The van der Waals surface area contributed by atoms with Gasteiger partial charge in [-0.05, 0) is 65.3 Å². The van der Waals surface area contributed by atoms with Crippen LogP contribution >= 0.6 is 0 Å². The van der Waals surface area contributed by atoms with Crippen LogP contribution in [-0.2, 0) is 7.05 Å². The van der Waals surface area contributed by atoms with E-state index in [1.165, 1.54) is 6.20 Å². The number of likely N-dealkylation sites (tertiary alicyclic amines) is 1. The van der Waals surface area contributed by atoms with Gasteiger partial charge in [0.25, 0.3) is 0 Å². The third-order valence-corrected chi connectivity index (χ3v) is 6.57. The van der Waals surface area contributed by atoms with Gasteiger partial charge < -0.3 is 10.6 Å². The first-order chi connectivity index (χ1) is 15.0. The number of benzene rings is 1. The molecule has 1 fully saturated rings. The van der Waals surface area contributed by atoms with Gasteiger partial charge in [0.05, 0.1) is 12.4 Å². The second-order valence-electron chi connectivity index (χ2n) is 9.93. The quantitative estimate of drug-likeness (QED) is 0.596. The highest BCUT2D eigenvalue weighted by Crippen LogP contribution is 2.38. The number of halogens is 1. The van der Waals surface area contributed by atoms with Gasteiger partial charge >= 0.3 is 0 Å². The van der Waals surface area contributed by atoms with E-state index in [0.29, 0.717) is 5.95 Å². The molecule has 1 aliphatic heterocycles. The lowest BCUT2D eigenvalue weighted by Gasteiger charge is -2.53. The number of aromatic nitrogens is 4. The number of hydrogen-bond acceptors (Lipinski definition) is 6. The van der Waals surface area contributed by atoms with E-state index in [2.05, 4.69) is 65.3 Å². The Morgan fingerprint density at radius 2 is 1.62 bits per heavy atom. The van der Waals surface area contributed by atoms with Crippen molar-refractivity contribution in [2.24, 2.45) is 7.05 Å². The second-order valence-corrected chi connectivity index (χ2v) is 9.93. The number of anilines is 3. The van der Waals surface area contributed by atoms with Gasteiger partial charge in [0, 0.05) is 41.6 Å². The fourth-order valence-electron chi connectivity index (χ4n) is 4.64. The first-order valence-electron chi connectivity index (χ1n) is 10.9. The zero-order chi connectivity index (χ0) is 23.1. The molecule has 1 aromatic carbocycles. The van der Waals surface area contributed by atoms with E-state index in [0.717, 1.165) is 29.7 Å². The molecular formula is C24H32FN7. The van der Waals surface area contributed by atoms with Gasteiger partial charge in [0.2, 0.25) is 5.95 Å². The molecular weight excluding hydrogens is 405 g/mol. The minimum Gasteiger partial charge on any atom is -0.365 e. The number of aryl methyl sites for hydroxylation is 1. The van der Waals surface area contributed by atoms with E-state index < -0.39 is 5.82 Å². The summed E-state index contributed by atoms with van der Waals surface area (Å²) in [6.07, 6.45) is 6.81. The Morgan fingerprint density at radius 3 is 2.22 bits per heavy atom. The van der Waals surface area contributed by atoms with Crippen LogP contribution in [0.3, 0.4) is 0 Å². The molecule has 3 aromatic rings. The highest BCUT2D eigenvalue weighted by atomic mass is 19.1. The van der Waals surface area contributed by atoms with Gasteiger partial charge in [-0.25, -0.2) is 9.37 Å². The molecule has 3 heterocycles. The molecule has 1 saturated heterocycles. The summed E-state index contributed by atoms with van der Waals surface area (Å²) in [6.45, 7) is 8.89. The largest absolute Gasteiger partial charge is 0.365 e. The van der Waals surface area contributed by atoms with Gasteiger partial charge in [-0.2, -0.15) is 10.1 Å². The minimum absolute atomic E-state index is 0.0000223. The SMILES string of the molecule is CN1C(C)(C)CC(Nc2nc(Nc3ccc(-c4cnn(C)c4)cc3)ncc2F)CC1(C)C. The van der Waals surface area contributed by atoms with Crippen LogP contribution in [0.1, 0.15) is 40.5 Å². The van der Waals surface area contributed by atoms with Crippen LogP contribution in [0.4, 0.5) is 21.8 Å². The minimum atomic E-state index is -0.447. The topological polar surface area (TPSA) is 70.9 Å². The van der Waals surface area contributed by atoms with Crippen molar-refractivity contribution in [3.63, 3.8) is 0 Å². The molecule has 1 aliphatic rings. The van der Waals surface area contributed by atoms with Crippen molar-refractivity contribution in [2.45, 2.75) is 57.7 Å². The average molecular weight is 438 g/mol. The summed E-state index contributed by atoms with van der Waals surface area (Å²) in [6, 6.07) is 8.02. The van der Waals surface area contributed by atoms with E-state index in [1.54, 1.807) is 4.68 Å². The first-order valence-corrected chi connectivity index (χ1v) is 10.9. The summed E-state index contributed by atoms with van der Waals surface area (Å²) in [5.74, 6) is 0.141. The average Bonchev–Trinajstić information content (AvgIpc) is 3.15. The summed E-state index contributed by atoms with van der Waals surface area (Å²) >= 11 is 0. The molecule has 0 saturated carbocycles. The molecule has 0 spiro atoms. The number of rotatable bonds is 5. The molecule has 8 heteroatoms. The van der Waals surface area contributed by atoms with E-state index in [1.807, 2.05) is 43.7 Å². The summed E-state index contributed by atoms with van der Waals surface area (Å²) in [5.41, 5.74) is 2.95. The van der Waals surface area contributed by atoms with Crippen LogP contribution in [0.15, 0.2) is 42.9 Å². The van der Waals surface area contributed by atoms with Crippen LogP contribution in [0.2, 0.25) is 0 Å². The van der Waals surface area contributed by atoms with Crippen LogP contribution in [0, 0.1) is 5.82 Å². The Morgan fingerprint density at radius 1 is 0.969 bits per heavy atom. The Balaban J connectivity index is 1.48. The molecule has 0 radical (unpaired) electrons. The smallest absolute Gasteiger partial charge is 0.229 e. The second kappa shape index (κ2) is 8.16. The molecule has 2 aromatic heterocycles. The van der Waals surface area contributed by atoms with Gasteiger partial charge in [-0.15, -0.1) is 0 Å². The van der Waals surface area contributed by atoms with Crippen LogP contribution in [0.5, 0.6) is 0 Å². The molecule has 0 atom stereocenters. The van der Waals surface area contributed by atoms with Crippen molar-refractivity contribution in [3.8, 4) is 11.1 Å². The highest BCUT2D eigenvalue weighted by Gasteiger charge is 2.43. The van der Waals surface area contributed by atoms with Crippen molar-refractivity contribution in [1.29, 1.82) is 0 Å². The van der Waals surface area contributed by atoms with Crippen molar-refractivity contribution in [1.82, 2.24) is 24.6 Å². The zero-order valence-corrected chi connectivity index (χ0v) is 19.6. The normalized spacial score (nSPS) is 18.5. The lowest BCUT2D eigenvalue weighted by Crippen LogP contribution is -2.61. The standard InChI is InChI=1S/C24H32FN7/c1-23(2)11-19(12-24(3,4)32(23)6)28-21-20(25)14-26-22(30-21)29-18-9-7-16(8-10-18)17-13-27-31(5)15-17/h7-10,13-15,19H,11-12H2,1-6H3,(H2,26,28,29,30). The lowest BCUT2D eigenvalue weighted by atomic mass is 9.77. The number of nitrogens with zero attached hydrogens (tertiary/aromatic N) is 5. The molecule has 2 N–H and O–H groups in total. The molecule has 4 rings (SSSR count). The predicted molar refractivity (Wildman–Crippen MR) is 126 cm³/mol. The van der Waals surface area contributed by atoms with E-state index in [4.69, 9.17) is 0 Å². The van der Waals surface area contributed by atoms with Crippen molar-refractivity contribution in [2.75, 3.05) is 17.7 Å². The maximum absolute atomic E-state index is 14.5. The van der Waals surface area contributed by atoms with E-state index >= 15 is 0 Å². The molecule has 170 valence electrons. The summed E-state index contributed by atoms with van der Waals surface area (Å²) < 4.78 is 16.3. The molecule has 32 heavy (non-hydrogen) atoms. The van der Waals surface area contributed by atoms with Crippen molar-refractivity contribution >= 4 is 17.5 Å². The first kappa shape index (κ1) is 22.2. The van der Waals surface area contributed by atoms with Gasteiger partial charge in [-0.3, -0.25) is 9.58 Å². The molecule has 7 nitrogen and oxygen atoms in total. The Hall–Kier alpha value is -3.00. The number of hydrogen-bond donors (Lipinski definition) is 2. The summed E-state index contributed by atoms with van der Waals surface area (Å²) in [7, 11) is 4.05. The third kappa shape index (κ3) is 4.60. The zero-order valence-electron chi connectivity index (χ0n) is 19.6. The van der Waals surface area contributed by atoms with E-state index in [-0.39, 0.29) is 22.9 Å². The van der Waals surface area contributed by atoms with E-state index in [9.17, 15) is 4.39 Å². The Bertz CT molecular complexity index is 1070. The lowest BCUT2D eigenvalue weighted by molar-refractivity contribution is -0.00778. The Kier molecular flexibility index (Phi) is 5.67. The van der Waals surface area contributed by atoms with Gasteiger partial charge in [0.15, 0.2) is 11.6 Å². The number of nitrogens with one attached hydrogen (secondary N) is 2. The Labute approximate surface area is 189 Å². The summed E-state index contributed by atoms with van der Waals surface area (Å²) in [4.78, 5) is 10.9. The molecule has 0 unspecified atom stereocenters. The monoisotopic (exact) mass is 437 g/mol. The van der Waals surface area contributed by atoms with Crippen molar-refractivity contribution in [3.05, 3.63) is 48.7 Å². The van der Waals surface area contributed by atoms with Crippen LogP contribution in [-0.4, -0.2) is 48.8 Å². The van der Waals surface area contributed by atoms with Crippen molar-refractivity contribution < 1.29 is 4.39 Å². The maximum Gasteiger partial charge on any atom is 0.229 e. The highest BCUT2D eigenvalue weighted by molar-refractivity contribution is 5.66. The summed E-state index contributed by atoms with van der Waals surface area (Å²) in [5, 5.41) is 10.7. The predicted octanol–water partition coefficient (Wildman–Crippen LogP) is 4.82. The van der Waals surface area contributed by atoms with Crippen LogP contribution in [0.25, 0.3) is 11.1 Å². The fourth-order valence-corrected chi connectivity index (χ4v) is 4.64. The molecule has 0 amide bonds. The molecule has 0 aliphatic carbocycles. The van der Waals surface area contributed by atoms with Gasteiger partial charge in [-0.1, -0.05) is 12.1 Å². The number of piperidine rings is 1. The molecule has 0 bridgehead atoms. The third-order valence-electron chi connectivity index (χ3n) is 6.57. The fraction of sp³-hybridized carbons (Fsp3) is 0.458. The maximum atomic E-state index is 14.5. The van der Waals surface area contributed by atoms with Crippen LogP contribution < -0.4 is 10.6 Å². The van der Waals surface area contributed by atoms with Gasteiger partial charge in [0.1, 0.15) is 0 Å².